The molecule has 0 radical (unpaired) electrons. The maximum absolute atomic E-state index is 11.9. The first-order chi connectivity index (χ1) is 11.1. The lowest BCUT2D eigenvalue weighted by molar-refractivity contribution is -0.114. The predicted molar refractivity (Wildman–Crippen MR) is 84.0 cm³/mol. The molecule has 1 aromatic heterocycles. The van der Waals surface area contributed by atoms with E-state index in [0.29, 0.717) is 11.4 Å². The van der Waals surface area contributed by atoms with E-state index in [1.807, 2.05) is 31.2 Å². The summed E-state index contributed by atoms with van der Waals surface area (Å²) in [4.78, 5) is 24.2. The summed E-state index contributed by atoms with van der Waals surface area (Å²) in [6, 6.07) is 7.65. The molecule has 0 bridgehead atoms. The van der Waals surface area contributed by atoms with Crippen molar-refractivity contribution < 1.29 is 14.3 Å². The number of ether oxygens (including phenoxy) is 1. The standard InChI is InChI=1S/C16H16N4O3/c1-11-3-2-4-12(7-11)15-14(16(17)22)20(10-23-15)13-8-18-19(9-13)5-6-21/h2-4,6-9H,5,10H2,1H3,(H2,17,22). The van der Waals surface area contributed by atoms with Gasteiger partial charge >= 0.3 is 0 Å². The highest BCUT2D eigenvalue weighted by Gasteiger charge is 2.31. The van der Waals surface area contributed by atoms with E-state index in [9.17, 15) is 9.59 Å². The van der Waals surface area contributed by atoms with E-state index < -0.39 is 5.91 Å². The maximum Gasteiger partial charge on any atom is 0.269 e. The van der Waals surface area contributed by atoms with E-state index in [1.165, 1.54) is 4.68 Å². The van der Waals surface area contributed by atoms with Gasteiger partial charge in [-0.1, -0.05) is 23.8 Å². The highest BCUT2D eigenvalue weighted by atomic mass is 16.5. The van der Waals surface area contributed by atoms with E-state index in [-0.39, 0.29) is 19.0 Å². The molecule has 2 aromatic rings. The number of aromatic nitrogens is 2. The molecular weight excluding hydrogens is 296 g/mol. The van der Waals surface area contributed by atoms with E-state index in [2.05, 4.69) is 5.10 Å². The molecule has 0 spiro atoms. The van der Waals surface area contributed by atoms with Crippen molar-refractivity contribution in [2.24, 2.45) is 5.73 Å². The zero-order valence-corrected chi connectivity index (χ0v) is 12.6. The number of aldehydes is 1. The van der Waals surface area contributed by atoms with Crippen LogP contribution in [0.5, 0.6) is 0 Å². The van der Waals surface area contributed by atoms with E-state index >= 15 is 0 Å². The van der Waals surface area contributed by atoms with Crippen LogP contribution in [0.3, 0.4) is 0 Å². The molecule has 1 aliphatic heterocycles. The van der Waals surface area contributed by atoms with Crippen LogP contribution >= 0.6 is 0 Å². The van der Waals surface area contributed by atoms with Crippen molar-refractivity contribution in [1.82, 2.24) is 9.78 Å². The molecule has 1 aromatic carbocycles. The first kappa shape index (κ1) is 14.8. The molecule has 2 N–H and O–H groups in total. The topological polar surface area (TPSA) is 90.5 Å². The van der Waals surface area contributed by atoms with E-state index in [1.54, 1.807) is 17.3 Å². The van der Waals surface area contributed by atoms with Crippen LogP contribution in [0.1, 0.15) is 11.1 Å². The fraction of sp³-hybridized carbons (Fsp3) is 0.188. The molecule has 118 valence electrons. The number of hydrogen-bond donors (Lipinski definition) is 1. The number of primary amides is 1. The van der Waals surface area contributed by atoms with Crippen LogP contribution < -0.4 is 10.6 Å². The smallest absolute Gasteiger partial charge is 0.269 e. The Hall–Kier alpha value is -3.09. The van der Waals surface area contributed by atoms with E-state index in [4.69, 9.17) is 10.5 Å². The van der Waals surface area contributed by atoms with Crippen molar-refractivity contribution in [3.63, 3.8) is 0 Å². The molecule has 1 amide bonds. The second-order valence-electron chi connectivity index (χ2n) is 5.20. The summed E-state index contributed by atoms with van der Waals surface area (Å²) in [5, 5.41) is 4.07. The van der Waals surface area contributed by atoms with Gasteiger partial charge in [-0.15, -0.1) is 0 Å². The molecule has 0 saturated heterocycles. The Labute approximate surface area is 132 Å². The summed E-state index contributed by atoms with van der Waals surface area (Å²) in [6.45, 7) is 2.27. The fourth-order valence-corrected chi connectivity index (χ4v) is 2.51. The monoisotopic (exact) mass is 312 g/mol. The van der Waals surface area contributed by atoms with Gasteiger partial charge in [-0.3, -0.25) is 14.4 Å². The highest BCUT2D eigenvalue weighted by molar-refractivity contribution is 6.03. The average molecular weight is 312 g/mol. The number of carbonyl (C=O) groups is 2. The molecule has 0 atom stereocenters. The van der Waals surface area contributed by atoms with Gasteiger partial charge in [0.25, 0.3) is 5.91 Å². The quantitative estimate of drug-likeness (QED) is 0.833. The van der Waals surface area contributed by atoms with Crippen LogP contribution in [0.2, 0.25) is 0 Å². The van der Waals surface area contributed by atoms with Crippen LogP contribution in [0.4, 0.5) is 5.69 Å². The van der Waals surface area contributed by atoms with Crippen molar-refractivity contribution in [3.05, 3.63) is 53.5 Å². The van der Waals surface area contributed by atoms with Gasteiger partial charge in [-0.2, -0.15) is 5.10 Å². The summed E-state index contributed by atoms with van der Waals surface area (Å²) in [5.41, 5.74) is 8.32. The lowest BCUT2D eigenvalue weighted by Crippen LogP contribution is -2.28. The third-order valence-corrected chi connectivity index (χ3v) is 3.53. The van der Waals surface area contributed by atoms with Gasteiger partial charge in [0, 0.05) is 11.8 Å². The summed E-state index contributed by atoms with van der Waals surface area (Å²) >= 11 is 0. The number of anilines is 1. The van der Waals surface area contributed by atoms with Crippen molar-refractivity contribution in [3.8, 4) is 0 Å². The lowest BCUT2D eigenvalue weighted by atomic mass is 10.1. The zero-order chi connectivity index (χ0) is 16.4. The minimum Gasteiger partial charge on any atom is -0.470 e. The largest absolute Gasteiger partial charge is 0.470 e. The Balaban J connectivity index is 2.02. The van der Waals surface area contributed by atoms with Crippen LogP contribution in [-0.4, -0.2) is 28.7 Å². The van der Waals surface area contributed by atoms with Gasteiger partial charge in [-0.05, 0) is 13.0 Å². The molecule has 1 aliphatic rings. The summed E-state index contributed by atoms with van der Waals surface area (Å²) in [5.74, 6) is -0.133. The zero-order valence-electron chi connectivity index (χ0n) is 12.6. The van der Waals surface area contributed by atoms with Crippen LogP contribution in [0.25, 0.3) is 5.76 Å². The number of nitrogens with zero attached hydrogens (tertiary/aromatic N) is 3. The lowest BCUT2D eigenvalue weighted by Gasteiger charge is -2.14. The third kappa shape index (κ3) is 2.80. The Kier molecular flexibility index (Phi) is 3.84. The second kappa shape index (κ2) is 5.96. The number of nitrogens with two attached hydrogens (primary N) is 1. The molecule has 23 heavy (non-hydrogen) atoms. The molecule has 3 rings (SSSR count). The molecule has 0 saturated carbocycles. The molecule has 0 fully saturated rings. The van der Waals surface area contributed by atoms with Gasteiger partial charge < -0.3 is 15.3 Å². The Morgan fingerprint density at radius 3 is 3.00 bits per heavy atom. The molecule has 2 heterocycles. The minimum absolute atomic E-state index is 0.148. The number of amides is 1. The molecule has 0 unspecified atom stereocenters. The van der Waals surface area contributed by atoms with Crippen LogP contribution in [0.15, 0.2) is 42.4 Å². The number of carbonyl (C=O) groups excluding carboxylic acids is 2. The van der Waals surface area contributed by atoms with Gasteiger partial charge in [0.05, 0.1) is 18.4 Å². The van der Waals surface area contributed by atoms with Gasteiger partial charge in [-0.25, -0.2) is 0 Å². The number of aryl methyl sites for hydroxylation is 1. The van der Waals surface area contributed by atoms with E-state index in [0.717, 1.165) is 17.4 Å². The second-order valence-corrected chi connectivity index (χ2v) is 5.20. The van der Waals surface area contributed by atoms with Gasteiger partial charge in [0.15, 0.2) is 18.2 Å². The summed E-state index contributed by atoms with van der Waals surface area (Å²) in [6.07, 6.45) is 3.98. The number of benzene rings is 1. The molecular formula is C16H16N4O3. The number of rotatable bonds is 5. The summed E-state index contributed by atoms with van der Waals surface area (Å²) < 4.78 is 7.18. The fourth-order valence-electron chi connectivity index (χ4n) is 2.51. The first-order valence-electron chi connectivity index (χ1n) is 7.07. The average Bonchev–Trinajstić information content (AvgIpc) is 3.13. The van der Waals surface area contributed by atoms with Crippen molar-refractivity contribution in [1.29, 1.82) is 0 Å². The van der Waals surface area contributed by atoms with Gasteiger partial charge in [0.1, 0.15) is 6.29 Å². The Morgan fingerprint density at radius 1 is 1.48 bits per heavy atom. The van der Waals surface area contributed by atoms with Crippen molar-refractivity contribution in [2.75, 3.05) is 11.6 Å². The summed E-state index contributed by atoms with van der Waals surface area (Å²) in [7, 11) is 0. The number of hydrogen-bond acceptors (Lipinski definition) is 5. The minimum atomic E-state index is -0.581. The third-order valence-electron chi connectivity index (χ3n) is 3.53. The maximum atomic E-state index is 11.9. The molecule has 0 aliphatic carbocycles. The molecule has 7 heteroatoms. The highest BCUT2D eigenvalue weighted by Crippen LogP contribution is 2.32. The van der Waals surface area contributed by atoms with Crippen molar-refractivity contribution in [2.45, 2.75) is 13.5 Å². The molecule has 7 nitrogen and oxygen atoms in total. The predicted octanol–water partition coefficient (Wildman–Crippen LogP) is 1.04. The Morgan fingerprint density at radius 2 is 2.30 bits per heavy atom. The van der Waals surface area contributed by atoms with Gasteiger partial charge in [0.2, 0.25) is 0 Å². The Bertz CT molecular complexity index is 794. The first-order valence-corrected chi connectivity index (χ1v) is 7.07. The van der Waals surface area contributed by atoms with Crippen molar-refractivity contribution >= 4 is 23.6 Å². The normalized spacial score (nSPS) is 14.0. The van der Waals surface area contributed by atoms with Crippen LogP contribution in [-0.2, 0) is 20.9 Å². The SMILES string of the molecule is Cc1cccc(C2=C(C(N)=O)N(c3cnn(CC=O)c3)CO2)c1. The van der Waals surface area contributed by atoms with Crippen LogP contribution in [0, 0.1) is 6.92 Å².